The number of nitrogens with one attached hydrogen (secondary N) is 1. The van der Waals surface area contributed by atoms with Crippen LogP contribution in [0.25, 0.3) is 16.9 Å². The van der Waals surface area contributed by atoms with Crippen LogP contribution in [-0.2, 0) is 7.05 Å². The zero-order valence-electron chi connectivity index (χ0n) is 21.1. The van der Waals surface area contributed by atoms with Crippen molar-refractivity contribution < 1.29 is 4.79 Å². The number of rotatable bonds is 4. The highest BCUT2D eigenvalue weighted by molar-refractivity contribution is 6.04. The minimum absolute atomic E-state index is 0.0673. The van der Waals surface area contributed by atoms with Gasteiger partial charge in [0.1, 0.15) is 11.3 Å². The molecule has 11 heteroatoms. The zero-order chi connectivity index (χ0) is 27.1. The van der Waals surface area contributed by atoms with Crippen LogP contribution in [0.1, 0.15) is 40.3 Å². The van der Waals surface area contributed by atoms with E-state index >= 15 is 0 Å². The van der Waals surface area contributed by atoms with Gasteiger partial charge in [-0.3, -0.25) is 18.4 Å². The number of anilines is 1. The molecule has 5 heterocycles. The van der Waals surface area contributed by atoms with E-state index in [1.165, 1.54) is 4.52 Å². The quantitative estimate of drug-likeness (QED) is 0.345. The van der Waals surface area contributed by atoms with Gasteiger partial charge in [0.2, 0.25) is 0 Å². The molecule has 0 aliphatic carbocycles. The smallest absolute Gasteiger partial charge is 0.338 e. The minimum Gasteiger partial charge on any atom is -0.381 e. The number of nitrogens with zero attached hydrogens (tertiary/aromatic N) is 7. The number of nitrogens with two attached hydrogens (primary N) is 1. The van der Waals surface area contributed by atoms with Gasteiger partial charge in [-0.2, -0.15) is 5.10 Å². The summed E-state index contributed by atoms with van der Waals surface area (Å²) < 4.78 is 6.25. The van der Waals surface area contributed by atoms with Crippen molar-refractivity contribution in [2.75, 3.05) is 5.73 Å². The Labute approximate surface area is 222 Å². The number of benzene rings is 1. The van der Waals surface area contributed by atoms with Gasteiger partial charge in [0.15, 0.2) is 11.5 Å². The molecule has 1 aromatic carbocycles. The van der Waals surface area contributed by atoms with Gasteiger partial charge in [-0.15, -0.1) is 5.10 Å². The molecule has 39 heavy (non-hydrogen) atoms. The molecule has 192 valence electrons. The molecule has 3 N–H and O–H groups in total. The lowest BCUT2D eigenvalue weighted by molar-refractivity contribution is 0.0941. The summed E-state index contributed by atoms with van der Waals surface area (Å²) in [7, 11) is 1.82. The maximum Gasteiger partial charge on any atom is 0.338 e. The Hall–Kier alpha value is -5.63. The van der Waals surface area contributed by atoms with E-state index < -0.39 is 11.9 Å². The molecule has 1 amide bonds. The molecular weight excluding hydrogens is 494 g/mol. The summed E-state index contributed by atoms with van der Waals surface area (Å²) in [4.78, 5) is 31.6. The van der Waals surface area contributed by atoms with Crippen molar-refractivity contribution in [3.63, 3.8) is 0 Å². The molecule has 0 aliphatic heterocycles. The Kier molecular flexibility index (Phi) is 5.69. The normalized spacial score (nSPS) is 11.8. The molecular formula is C28H23N9O2. The molecule has 1 atom stereocenters. The van der Waals surface area contributed by atoms with Gasteiger partial charge in [0.05, 0.1) is 34.7 Å². The lowest BCUT2D eigenvalue weighted by Gasteiger charge is -2.20. The first-order chi connectivity index (χ1) is 18.9. The molecule has 0 unspecified atom stereocenters. The van der Waals surface area contributed by atoms with Crippen LogP contribution in [0.4, 0.5) is 5.82 Å². The highest BCUT2D eigenvalue weighted by Gasteiger charge is 2.24. The van der Waals surface area contributed by atoms with Gasteiger partial charge in [0, 0.05) is 25.6 Å². The van der Waals surface area contributed by atoms with E-state index in [-0.39, 0.29) is 17.1 Å². The van der Waals surface area contributed by atoms with E-state index in [0.29, 0.717) is 28.2 Å². The number of aryl methyl sites for hydroxylation is 1. The number of amides is 1. The summed E-state index contributed by atoms with van der Waals surface area (Å²) in [6.07, 6.45) is 6.71. The third-order valence-corrected chi connectivity index (χ3v) is 6.34. The van der Waals surface area contributed by atoms with Gasteiger partial charge in [-0.05, 0) is 49.2 Å². The monoisotopic (exact) mass is 517 g/mol. The number of hydrogen-bond donors (Lipinski definition) is 2. The fourth-order valence-electron chi connectivity index (χ4n) is 4.54. The topological polar surface area (TPSA) is 130 Å². The number of carbonyl (C=O) groups is 1. The van der Waals surface area contributed by atoms with Crippen LogP contribution < -0.4 is 16.7 Å². The third-order valence-electron chi connectivity index (χ3n) is 6.34. The lowest BCUT2D eigenvalue weighted by Crippen LogP contribution is -2.34. The third kappa shape index (κ3) is 4.19. The second-order valence-corrected chi connectivity index (χ2v) is 9.00. The average molecular weight is 518 g/mol. The Morgan fingerprint density at radius 2 is 1.92 bits per heavy atom. The van der Waals surface area contributed by atoms with E-state index in [9.17, 15) is 9.59 Å². The highest BCUT2D eigenvalue weighted by atomic mass is 16.2. The molecule has 0 bridgehead atoms. The Morgan fingerprint density at radius 1 is 1.10 bits per heavy atom. The van der Waals surface area contributed by atoms with E-state index in [2.05, 4.69) is 32.3 Å². The van der Waals surface area contributed by atoms with Crippen LogP contribution in [0.2, 0.25) is 0 Å². The first kappa shape index (κ1) is 23.7. The summed E-state index contributed by atoms with van der Waals surface area (Å²) in [5.74, 6) is 5.77. The molecule has 0 aliphatic rings. The highest BCUT2D eigenvalue weighted by Crippen LogP contribution is 2.22. The van der Waals surface area contributed by atoms with Crippen LogP contribution >= 0.6 is 0 Å². The fourth-order valence-corrected chi connectivity index (χ4v) is 4.54. The summed E-state index contributed by atoms with van der Waals surface area (Å²) in [6.45, 7) is 1.81. The maximum absolute atomic E-state index is 14.0. The molecule has 0 spiro atoms. The van der Waals surface area contributed by atoms with Crippen molar-refractivity contribution in [2.24, 2.45) is 7.05 Å². The van der Waals surface area contributed by atoms with Crippen LogP contribution in [0, 0.1) is 11.8 Å². The standard InChI is InChI=1S/C28H23N9O2/c1-18(32-27(38)24-25(29)33-35-14-6-13-30-26(24)35)23-15-22-12-11-21(10-9-19-16-31-34(2)17-19)36(22)28(39)37(23)20-7-4-3-5-8-20/h3-8,11-18H,1-2H3,(H2,29,33)(H,32,38)/t18-/m1/s1. The van der Waals surface area contributed by atoms with Crippen LogP contribution in [0.5, 0.6) is 0 Å². The first-order valence-corrected chi connectivity index (χ1v) is 12.1. The number of para-hydroxylation sites is 1. The Balaban J connectivity index is 1.45. The van der Waals surface area contributed by atoms with Crippen LogP contribution in [-0.4, -0.2) is 39.3 Å². The van der Waals surface area contributed by atoms with E-state index in [4.69, 9.17) is 5.73 Å². The summed E-state index contributed by atoms with van der Waals surface area (Å²) >= 11 is 0. The largest absolute Gasteiger partial charge is 0.381 e. The number of aromatic nitrogens is 7. The van der Waals surface area contributed by atoms with Gasteiger partial charge >= 0.3 is 5.69 Å². The molecule has 0 fully saturated rings. The van der Waals surface area contributed by atoms with Crippen LogP contribution in [0.3, 0.4) is 0 Å². The molecule has 5 aromatic heterocycles. The second kappa shape index (κ2) is 9.35. The molecule has 0 saturated heterocycles. The van der Waals surface area contributed by atoms with Crippen molar-refractivity contribution in [2.45, 2.75) is 13.0 Å². The van der Waals surface area contributed by atoms with Crippen LogP contribution in [0.15, 0.2) is 84.2 Å². The van der Waals surface area contributed by atoms with Crippen molar-refractivity contribution in [3.05, 3.63) is 112 Å². The zero-order valence-corrected chi connectivity index (χ0v) is 21.1. The van der Waals surface area contributed by atoms with Gasteiger partial charge in [-0.1, -0.05) is 24.1 Å². The van der Waals surface area contributed by atoms with E-state index in [1.54, 1.807) is 50.6 Å². The molecule has 6 aromatic rings. The van der Waals surface area contributed by atoms with E-state index in [0.717, 1.165) is 5.56 Å². The second-order valence-electron chi connectivity index (χ2n) is 9.00. The number of carbonyl (C=O) groups excluding carboxylic acids is 1. The Bertz CT molecular complexity index is 1980. The first-order valence-electron chi connectivity index (χ1n) is 12.1. The molecule has 0 radical (unpaired) electrons. The van der Waals surface area contributed by atoms with Gasteiger partial charge in [0.25, 0.3) is 5.91 Å². The molecule has 0 saturated carbocycles. The fraction of sp³-hybridized carbons (Fsp3) is 0.107. The maximum atomic E-state index is 14.0. The molecule has 6 rings (SSSR count). The lowest BCUT2D eigenvalue weighted by atomic mass is 10.1. The predicted octanol–water partition coefficient (Wildman–Crippen LogP) is 2.34. The Morgan fingerprint density at radius 3 is 2.69 bits per heavy atom. The predicted molar refractivity (Wildman–Crippen MR) is 145 cm³/mol. The van der Waals surface area contributed by atoms with Gasteiger partial charge in [-0.25, -0.2) is 14.3 Å². The summed E-state index contributed by atoms with van der Waals surface area (Å²) in [6, 6.07) is 15.9. The number of nitrogen functional groups attached to an aromatic ring is 1. The van der Waals surface area contributed by atoms with Crippen molar-refractivity contribution in [3.8, 4) is 17.5 Å². The van der Waals surface area contributed by atoms with Crippen molar-refractivity contribution in [1.29, 1.82) is 0 Å². The summed E-state index contributed by atoms with van der Waals surface area (Å²) in [5, 5.41) is 11.3. The number of fused-ring (bicyclic) bond motifs is 2. The van der Waals surface area contributed by atoms with E-state index in [1.807, 2.05) is 56.4 Å². The van der Waals surface area contributed by atoms with Gasteiger partial charge < -0.3 is 11.1 Å². The van der Waals surface area contributed by atoms with Crippen molar-refractivity contribution in [1.82, 2.24) is 38.7 Å². The minimum atomic E-state index is -0.576. The van der Waals surface area contributed by atoms with Crippen molar-refractivity contribution >= 4 is 22.9 Å². The SMILES string of the molecule is C[C@@H](NC(=O)c1c(N)nn2cccnc12)c1cc2ccc(C#Cc3cnn(C)c3)n2c(=O)n1-c1ccccc1. The number of hydrogen-bond acceptors (Lipinski definition) is 6. The molecule has 11 nitrogen and oxygen atoms in total. The summed E-state index contributed by atoms with van der Waals surface area (Å²) in [5.41, 5.74) is 9.42. The average Bonchev–Trinajstić information content (AvgIpc) is 3.63.